The third-order valence-electron chi connectivity index (χ3n) is 5.44. The molecule has 0 radical (unpaired) electrons. The third kappa shape index (κ3) is 4.72. The van der Waals surface area contributed by atoms with Gasteiger partial charge in [0.05, 0.1) is 11.3 Å². The zero-order valence-corrected chi connectivity index (χ0v) is 19.4. The standard InChI is InChI=1S/C26H21NO6S/c1-14-7-11-22(34-14)21(28)10-12-23(29)33-15(2)26(32)27-16-8-9-19-20(13-16)25(31)18-6-4-3-5-17(18)24(19)30/h3-9,11,13,15H,10,12H2,1-2H3,(H,27,32)/t15-/m1/s1. The van der Waals surface area contributed by atoms with Crippen molar-refractivity contribution in [2.24, 2.45) is 0 Å². The van der Waals surface area contributed by atoms with Gasteiger partial charge >= 0.3 is 5.97 Å². The molecule has 34 heavy (non-hydrogen) atoms. The molecule has 1 aliphatic carbocycles. The maximum absolute atomic E-state index is 12.8. The second kappa shape index (κ2) is 9.52. The van der Waals surface area contributed by atoms with Gasteiger partial charge in [0.2, 0.25) is 0 Å². The number of nitrogens with one attached hydrogen (secondary N) is 1. The molecule has 1 amide bonds. The second-order valence-corrected chi connectivity index (χ2v) is 9.21. The van der Waals surface area contributed by atoms with Crippen LogP contribution in [0.25, 0.3) is 0 Å². The Balaban J connectivity index is 1.36. The van der Waals surface area contributed by atoms with Gasteiger partial charge < -0.3 is 10.1 Å². The number of Topliss-reactive ketones (excluding diaryl/α,β-unsaturated/α-hetero) is 1. The normalized spacial score (nSPS) is 13.0. The smallest absolute Gasteiger partial charge is 0.307 e. The third-order valence-corrected chi connectivity index (χ3v) is 6.48. The van der Waals surface area contributed by atoms with Crippen LogP contribution in [0.3, 0.4) is 0 Å². The molecule has 0 unspecified atom stereocenters. The molecule has 7 nitrogen and oxygen atoms in total. The average Bonchev–Trinajstić information content (AvgIpc) is 3.27. The van der Waals surface area contributed by atoms with E-state index in [1.165, 1.54) is 36.5 Å². The van der Waals surface area contributed by atoms with Crippen LogP contribution >= 0.6 is 11.3 Å². The topological polar surface area (TPSA) is 107 Å². The first kappa shape index (κ1) is 23.3. The molecule has 1 heterocycles. The molecule has 1 N–H and O–H groups in total. The highest BCUT2D eigenvalue weighted by atomic mass is 32.1. The second-order valence-electron chi connectivity index (χ2n) is 7.92. The van der Waals surface area contributed by atoms with Crippen molar-refractivity contribution in [1.29, 1.82) is 0 Å². The fraction of sp³-hybridized carbons (Fsp3) is 0.192. The molecule has 4 rings (SSSR count). The summed E-state index contributed by atoms with van der Waals surface area (Å²) in [5, 5.41) is 2.61. The Hall–Kier alpha value is -3.91. The van der Waals surface area contributed by atoms with Crippen LogP contribution in [0.1, 0.15) is 66.2 Å². The molecule has 0 bridgehead atoms. The summed E-state index contributed by atoms with van der Waals surface area (Å²) < 4.78 is 5.15. The van der Waals surface area contributed by atoms with E-state index in [-0.39, 0.29) is 41.3 Å². The zero-order chi connectivity index (χ0) is 24.4. The van der Waals surface area contributed by atoms with E-state index < -0.39 is 18.0 Å². The number of carbonyl (C=O) groups is 5. The summed E-state index contributed by atoms with van der Waals surface area (Å²) in [5.74, 6) is -1.96. The number of amides is 1. The largest absolute Gasteiger partial charge is 0.453 e. The molecule has 0 fully saturated rings. The lowest BCUT2D eigenvalue weighted by atomic mass is 9.84. The Morgan fingerprint density at radius 2 is 1.53 bits per heavy atom. The predicted octanol–water partition coefficient (Wildman–Crippen LogP) is 4.37. The van der Waals surface area contributed by atoms with E-state index in [0.717, 1.165) is 4.88 Å². The number of rotatable bonds is 7. The first-order valence-electron chi connectivity index (χ1n) is 10.7. The van der Waals surface area contributed by atoms with Crippen LogP contribution < -0.4 is 5.32 Å². The van der Waals surface area contributed by atoms with Crippen molar-refractivity contribution in [2.45, 2.75) is 32.8 Å². The predicted molar refractivity (Wildman–Crippen MR) is 127 cm³/mol. The minimum atomic E-state index is -1.11. The molecular formula is C26H21NO6S. The molecule has 1 aromatic heterocycles. The minimum Gasteiger partial charge on any atom is -0.453 e. The average molecular weight is 476 g/mol. The van der Waals surface area contributed by atoms with Gasteiger partial charge in [0, 0.05) is 39.2 Å². The van der Waals surface area contributed by atoms with Gasteiger partial charge in [-0.2, -0.15) is 0 Å². The molecule has 0 spiro atoms. The highest BCUT2D eigenvalue weighted by Crippen LogP contribution is 2.29. The van der Waals surface area contributed by atoms with Crippen molar-refractivity contribution in [3.8, 4) is 0 Å². The molecular weight excluding hydrogens is 454 g/mol. The Labute approximate surface area is 199 Å². The van der Waals surface area contributed by atoms with Crippen LogP contribution in [0.5, 0.6) is 0 Å². The van der Waals surface area contributed by atoms with Crippen molar-refractivity contribution in [3.63, 3.8) is 0 Å². The molecule has 0 saturated heterocycles. The summed E-state index contributed by atoms with van der Waals surface area (Å²) in [6.07, 6.45) is -1.25. The van der Waals surface area contributed by atoms with E-state index in [9.17, 15) is 24.0 Å². The number of hydrogen-bond acceptors (Lipinski definition) is 7. The monoisotopic (exact) mass is 475 g/mol. The summed E-state index contributed by atoms with van der Waals surface area (Å²) in [5.41, 5.74) is 1.44. The number of anilines is 1. The molecule has 0 saturated carbocycles. The highest BCUT2D eigenvalue weighted by molar-refractivity contribution is 7.14. The molecule has 8 heteroatoms. The Morgan fingerprint density at radius 1 is 0.882 bits per heavy atom. The lowest BCUT2D eigenvalue weighted by molar-refractivity contribution is -0.153. The van der Waals surface area contributed by atoms with Crippen LogP contribution in [0.2, 0.25) is 0 Å². The first-order valence-corrected chi connectivity index (χ1v) is 11.5. The number of esters is 1. The fourth-order valence-electron chi connectivity index (χ4n) is 3.65. The van der Waals surface area contributed by atoms with Gasteiger partial charge in [0.1, 0.15) is 0 Å². The van der Waals surface area contributed by atoms with E-state index in [1.54, 1.807) is 30.3 Å². The van der Waals surface area contributed by atoms with Crippen LogP contribution in [-0.4, -0.2) is 35.3 Å². The lowest BCUT2D eigenvalue weighted by Crippen LogP contribution is -2.30. The minimum absolute atomic E-state index is 0.00440. The molecule has 172 valence electrons. The van der Waals surface area contributed by atoms with Gasteiger partial charge in [-0.15, -0.1) is 11.3 Å². The Bertz CT molecular complexity index is 1340. The number of ketones is 3. The molecule has 1 atom stereocenters. The quantitative estimate of drug-likeness (QED) is 0.314. The number of carbonyl (C=O) groups excluding carboxylic acids is 5. The summed E-state index contributed by atoms with van der Waals surface area (Å²) in [6.45, 7) is 3.31. The van der Waals surface area contributed by atoms with E-state index in [0.29, 0.717) is 21.7 Å². The molecule has 2 aromatic carbocycles. The molecule has 1 aliphatic rings. The zero-order valence-electron chi connectivity index (χ0n) is 18.5. The van der Waals surface area contributed by atoms with Crippen molar-refractivity contribution in [2.75, 3.05) is 5.32 Å². The van der Waals surface area contributed by atoms with Gasteiger partial charge in [-0.1, -0.05) is 24.3 Å². The van der Waals surface area contributed by atoms with Crippen molar-refractivity contribution in [3.05, 3.63) is 86.6 Å². The number of aryl methyl sites for hydroxylation is 1. The van der Waals surface area contributed by atoms with Crippen molar-refractivity contribution in [1.82, 2.24) is 0 Å². The Morgan fingerprint density at radius 3 is 2.18 bits per heavy atom. The molecule has 3 aromatic rings. The van der Waals surface area contributed by atoms with Gasteiger partial charge in [0.15, 0.2) is 23.5 Å². The Kier molecular flexibility index (Phi) is 6.51. The number of hydrogen-bond donors (Lipinski definition) is 1. The van der Waals surface area contributed by atoms with Crippen molar-refractivity contribution >= 4 is 46.3 Å². The van der Waals surface area contributed by atoms with E-state index in [1.807, 2.05) is 13.0 Å². The van der Waals surface area contributed by atoms with Crippen LogP contribution in [0.15, 0.2) is 54.6 Å². The maximum atomic E-state index is 12.8. The number of benzene rings is 2. The van der Waals surface area contributed by atoms with Crippen LogP contribution in [0, 0.1) is 6.92 Å². The van der Waals surface area contributed by atoms with Gasteiger partial charge in [0.25, 0.3) is 5.91 Å². The maximum Gasteiger partial charge on any atom is 0.307 e. The van der Waals surface area contributed by atoms with Gasteiger partial charge in [-0.3, -0.25) is 24.0 Å². The number of fused-ring (bicyclic) bond motifs is 2. The lowest BCUT2D eigenvalue weighted by Gasteiger charge is -2.19. The van der Waals surface area contributed by atoms with Crippen LogP contribution in [0.4, 0.5) is 5.69 Å². The fourth-order valence-corrected chi connectivity index (χ4v) is 4.49. The highest BCUT2D eigenvalue weighted by Gasteiger charge is 2.29. The SMILES string of the molecule is Cc1ccc(C(=O)CCC(=O)O[C@H](C)C(=O)Nc2ccc3c(c2)C(=O)c2ccccc2C3=O)s1. The number of thiophene rings is 1. The summed E-state index contributed by atoms with van der Waals surface area (Å²) in [7, 11) is 0. The summed E-state index contributed by atoms with van der Waals surface area (Å²) in [6, 6.07) is 14.6. The van der Waals surface area contributed by atoms with E-state index in [4.69, 9.17) is 4.74 Å². The van der Waals surface area contributed by atoms with E-state index >= 15 is 0 Å². The number of ether oxygens (including phenoxy) is 1. The summed E-state index contributed by atoms with van der Waals surface area (Å²) in [4.78, 5) is 63.9. The van der Waals surface area contributed by atoms with Crippen LogP contribution in [-0.2, 0) is 14.3 Å². The van der Waals surface area contributed by atoms with Gasteiger partial charge in [-0.05, 0) is 44.2 Å². The first-order chi connectivity index (χ1) is 16.2. The molecule has 0 aliphatic heterocycles. The van der Waals surface area contributed by atoms with Gasteiger partial charge in [-0.25, -0.2) is 0 Å². The summed E-state index contributed by atoms with van der Waals surface area (Å²) >= 11 is 1.36. The van der Waals surface area contributed by atoms with Crippen molar-refractivity contribution < 1.29 is 28.7 Å². The van der Waals surface area contributed by atoms with E-state index in [2.05, 4.69) is 5.32 Å².